The molecule has 2 aromatic rings. The third kappa shape index (κ3) is 3.30. The largest absolute Gasteiger partial charge is 1.00 e. The molecule has 0 radical (unpaired) electrons. The van der Waals surface area contributed by atoms with Crippen molar-refractivity contribution >= 4 is 22.5 Å². The lowest BCUT2D eigenvalue weighted by Crippen LogP contribution is -3.00. The second-order valence-electron chi connectivity index (χ2n) is 4.92. The van der Waals surface area contributed by atoms with E-state index in [2.05, 4.69) is 42.9 Å². The number of hydrogen-bond donors (Lipinski definition) is 0. The van der Waals surface area contributed by atoms with Crippen LogP contribution in [-0.2, 0) is 6.54 Å². The fourth-order valence-corrected chi connectivity index (χ4v) is 2.90. The molecule has 0 spiro atoms. The lowest BCUT2D eigenvalue weighted by atomic mass is 10.1. The molecule has 0 amide bonds. The highest BCUT2D eigenvalue weighted by molar-refractivity contribution is 6.34. The van der Waals surface area contributed by atoms with E-state index < -0.39 is 0 Å². The van der Waals surface area contributed by atoms with Crippen molar-refractivity contribution in [1.82, 2.24) is 9.97 Å². The lowest BCUT2D eigenvalue weighted by Gasteiger charge is -2.36. The molecular formula is C15H21BrClN3. The van der Waals surface area contributed by atoms with Crippen LogP contribution in [-0.4, -0.2) is 34.1 Å². The normalized spacial score (nSPS) is 11.4. The van der Waals surface area contributed by atoms with Gasteiger partial charge in [-0.3, -0.25) is 0 Å². The molecular weight excluding hydrogens is 338 g/mol. The summed E-state index contributed by atoms with van der Waals surface area (Å²) in [7, 11) is 0. The number of quaternary nitrogens is 1. The van der Waals surface area contributed by atoms with Gasteiger partial charge in [-0.2, -0.15) is 0 Å². The van der Waals surface area contributed by atoms with Crippen LogP contribution >= 0.6 is 11.6 Å². The number of fused-ring (bicyclic) bond motifs is 1. The Labute approximate surface area is 136 Å². The number of benzene rings is 1. The molecule has 1 aromatic heterocycles. The number of hydrogen-bond acceptors (Lipinski definition) is 2. The Kier molecular flexibility index (Phi) is 6.37. The second-order valence-corrected chi connectivity index (χ2v) is 5.28. The molecule has 0 atom stereocenters. The monoisotopic (exact) mass is 357 g/mol. The third-order valence-corrected chi connectivity index (χ3v) is 4.51. The molecule has 5 heteroatoms. The van der Waals surface area contributed by atoms with Gasteiger partial charge >= 0.3 is 0 Å². The van der Waals surface area contributed by atoms with Gasteiger partial charge in [-0.15, -0.1) is 0 Å². The van der Waals surface area contributed by atoms with Gasteiger partial charge in [-0.25, -0.2) is 9.97 Å². The van der Waals surface area contributed by atoms with Crippen molar-refractivity contribution in [1.29, 1.82) is 0 Å². The molecule has 0 N–H and O–H groups in total. The molecule has 0 fully saturated rings. The van der Waals surface area contributed by atoms with Gasteiger partial charge in [0.2, 0.25) is 0 Å². The van der Waals surface area contributed by atoms with Crippen molar-refractivity contribution in [2.24, 2.45) is 0 Å². The first-order valence-electron chi connectivity index (χ1n) is 6.89. The lowest BCUT2D eigenvalue weighted by molar-refractivity contribution is -0.936. The first kappa shape index (κ1) is 17.3. The summed E-state index contributed by atoms with van der Waals surface area (Å²) in [6.07, 6.45) is 1.52. The molecule has 0 aliphatic carbocycles. The van der Waals surface area contributed by atoms with E-state index in [1.165, 1.54) is 11.9 Å². The van der Waals surface area contributed by atoms with E-state index in [0.29, 0.717) is 5.15 Å². The SMILES string of the molecule is CC[N+](CC)(CC)Cc1cccc2ncnc(Cl)c12.[Br-]. The minimum absolute atomic E-state index is 0. The maximum absolute atomic E-state index is 6.26. The highest BCUT2D eigenvalue weighted by Crippen LogP contribution is 2.26. The van der Waals surface area contributed by atoms with Gasteiger partial charge < -0.3 is 21.5 Å². The van der Waals surface area contributed by atoms with Gasteiger partial charge in [0.25, 0.3) is 0 Å². The standard InChI is InChI=1S/C15H21ClN3.BrH/c1-4-19(5-2,6-3)10-12-8-7-9-13-14(12)15(16)18-11-17-13;/h7-9,11H,4-6,10H2,1-3H3;1H/q+1;/p-1. The van der Waals surface area contributed by atoms with Gasteiger partial charge in [-0.05, 0) is 26.8 Å². The van der Waals surface area contributed by atoms with Crippen LogP contribution in [0.25, 0.3) is 10.9 Å². The molecule has 0 saturated heterocycles. The van der Waals surface area contributed by atoms with Gasteiger partial charge in [0.15, 0.2) is 0 Å². The first-order chi connectivity index (χ1) is 9.15. The molecule has 110 valence electrons. The molecule has 3 nitrogen and oxygen atoms in total. The van der Waals surface area contributed by atoms with Gasteiger partial charge in [0.05, 0.1) is 25.2 Å². The molecule has 1 heterocycles. The molecule has 1 aromatic carbocycles. The molecule has 20 heavy (non-hydrogen) atoms. The van der Waals surface area contributed by atoms with Gasteiger partial charge in [0, 0.05) is 10.9 Å². The van der Waals surface area contributed by atoms with E-state index in [4.69, 9.17) is 11.6 Å². The Hall–Kier alpha value is -0.710. The summed E-state index contributed by atoms with van der Waals surface area (Å²) in [5, 5.41) is 1.56. The zero-order chi connectivity index (χ0) is 13.9. The van der Waals surface area contributed by atoms with Crippen LogP contribution in [0.5, 0.6) is 0 Å². The minimum atomic E-state index is 0. The third-order valence-electron chi connectivity index (χ3n) is 4.22. The zero-order valence-electron chi connectivity index (χ0n) is 12.2. The van der Waals surface area contributed by atoms with Crippen molar-refractivity contribution in [3.05, 3.63) is 35.2 Å². The maximum atomic E-state index is 6.26. The number of nitrogens with zero attached hydrogens (tertiary/aromatic N) is 3. The summed E-state index contributed by atoms with van der Waals surface area (Å²) in [6.45, 7) is 11.1. The quantitative estimate of drug-likeness (QED) is 0.580. The van der Waals surface area contributed by atoms with Crippen molar-refractivity contribution in [3.63, 3.8) is 0 Å². The van der Waals surface area contributed by atoms with Gasteiger partial charge in [0.1, 0.15) is 18.0 Å². The van der Waals surface area contributed by atoms with Crippen LogP contribution in [0.15, 0.2) is 24.5 Å². The number of rotatable bonds is 5. The summed E-state index contributed by atoms with van der Waals surface area (Å²) in [4.78, 5) is 8.43. The van der Waals surface area contributed by atoms with Crippen LogP contribution in [0.4, 0.5) is 0 Å². The van der Waals surface area contributed by atoms with E-state index in [-0.39, 0.29) is 17.0 Å². The fourth-order valence-electron chi connectivity index (χ4n) is 2.64. The van der Waals surface area contributed by atoms with Crippen molar-refractivity contribution < 1.29 is 21.5 Å². The average molecular weight is 359 g/mol. The summed E-state index contributed by atoms with van der Waals surface area (Å²) in [5.41, 5.74) is 2.17. The Balaban J connectivity index is 0.00000200. The summed E-state index contributed by atoms with van der Waals surface area (Å²) in [6, 6.07) is 6.19. The van der Waals surface area contributed by atoms with Crippen LogP contribution in [0, 0.1) is 0 Å². The Morgan fingerprint density at radius 3 is 2.30 bits per heavy atom. The molecule has 0 saturated carbocycles. The summed E-state index contributed by atoms with van der Waals surface area (Å²) >= 11 is 6.26. The predicted octanol–water partition coefficient (Wildman–Crippen LogP) is 0.664. The Morgan fingerprint density at radius 2 is 1.70 bits per heavy atom. The molecule has 0 aliphatic heterocycles. The molecule has 0 aliphatic rings. The van der Waals surface area contributed by atoms with E-state index in [1.54, 1.807) is 0 Å². The van der Waals surface area contributed by atoms with E-state index in [1.807, 2.05) is 6.07 Å². The maximum Gasteiger partial charge on any atom is 0.140 e. The molecule has 2 rings (SSSR count). The van der Waals surface area contributed by atoms with Crippen LogP contribution in [0.3, 0.4) is 0 Å². The predicted molar refractivity (Wildman–Crippen MR) is 80.1 cm³/mol. The van der Waals surface area contributed by atoms with E-state index in [9.17, 15) is 0 Å². The Bertz CT molecular complexity index is 557. The van der Waals surface area contributed by atoms with Gasteiger partial charge in [-0.1, -0.05) is 23.7 Å². The fraction of sp³-hybridized carbons (Fsp3) is 0.467. The van der Waals surface area contributed by atoms with E-state index >= 15 is 0 Å². The van der Waals surface area contributed by atoms with Crippen molar-refractivity contribution in [3.8, 4) is 0 Å². The van der Waals surface area contributed by atoms with Crippen molar-refractivity contribution in [2.75, 3.05) is 19.6 Å². The highest BCUT2D eigenvalue weighted by atomic mass is 79.9. The van der Waals surface area contributed by atoms with Crippen molar-refractivity contribution in [2.45, 2.75) is 27.3 Å². The zero-order valence-corrected chi connectivity index (χ0v) is 14.6. The number of halogens is 2. The first-order valence-corrected chi connectivity index (χ1v) is 7.26. The summed E-state index contributed by atoms with van der Waals surface area (Å²) < 4.78 is 1.06. The molecule has 0 unspecified atom stereocenters. The van der Waals surface area contributed by atoms with Crippen LogP contribution in [0.1, 0.15) is 26.3 Å². The molecule has 0 bridgehead atoms. The van der Waals surface area contributed by atoms with E-state index in [0.717, 1.165) is 41.6 Å². The minimum Gasteiger partial charge on any atom is -1.00 e. The summed E-state index contributed by atoms with van der Waals surface area (Å²) in [5.74, 6) is 0. The second kappa shape index (κ2) is 7.34. The highest BCUT2D eigenvalue weighted by Gasteiger charge is 2.23. The number of aromatic nitrogens is 2. The average Bonchev–Trinajstić information content (AvgIpc) is 2.45. The van der Waals surface area contributed by atoms with Crippen LogP contribution in [0.2, 0.25) is 5.15 Å². The van der Waals surface area contributed by atoms with Crippen LogP contribution < -0.4 is 17.0 Å². The Morgan fingerprint density at radius 1 is 1.05 bits per heavy atom. The smallest absolute Gasteiger partial charge is 0.140 e. The topological polar surface area (TPSA) is 25.8 Å².